The third-order valence-corrected chi connectivity index (χ3v) is 5.00. The molecule has 0 amide bonds. The van der Waals surface area contributed by atoms with Gasteiger partial charge in [0.05, 0.1) is 0 Å². The summed E-state index contributed by atoms with van der Waals surface area (Å²) < 4.78 is 0. The highest BCUT2D eigenvalue weighted by atomic mass is 14.9. The third kappa shape index (κ3) is 4.57. The molecule has 0 spiro atoms. The number of fused-ring (bicyclic) bond motifs is 1. The fourth-order valence-corrected chi connectivity index (χ4v) is 3.97. The van der Waals surface area contributed by atoms with Crippen LogP contribution in [0.1, 0.15) is 76.3 Å². The van der Waals surface area contributed by atoms with E-state index in [2.05, 4.69) is 50.4 Å². The van der Waals surface area contributed by atoms with Gasteiger partial charge in [0.2, 0.25) is 0 Å². The van der Waals surface area contributed by atoms with Crippen molar-refractivity contribution in [3.8, 4) is 0 Å². The highest BCUT2D eigenvalue weighted by Gasteiger charge is 2.28. The maximum absolute atomic E-state index is 3.87. The molecule has 0 heterocycles. The lowest BCUT2D eigenvalue weighted by atomic mass is 9.76. The van der Waals surface area contributed by atoms with E-state index in [1.807, 2.05) is 0 Å². The van der Waals surface area contributed by atoms with Crippen LogP contribution < -0.4 is 5.32 Å². The first-order valence-electron chi connectivity index (χ1n) is 9.07. The highest BCUT2D eigenvalue weighted by Crippen LogP contribution is 2.36. The van der Waals surface area contributed by atoms with Crippen molar-refractivity contribution >= 4 is 0 Å². The van der Waals surface area contributed by atoms with Gasteiger partial charge in [0.15, 0.2) is 0 Å². The summed E-state index contributed by atoms with van der Waals surface area (Å²) in [6.45, 7) is 8.16. The largest absolute Gasteiger partial charge is 0.313 e. The van der Waals surface area contributed by atoms with Gasteiger partial charge in [-0.2, -0.15) is 0 Å². The zero-order chi connectivity index (χ0) is 15.1. The maximum atomic E-state index is 3.87. The van der Waals surface area contributed by atoms with Crippen LogP contribution in [0.4, 0.5) is 0 Å². The second-order valence-electron chi connectivity index (χ2n) is 6.89. The minimum absolute atomic E-state index is 0.660. The van der Waals surface area contributed by atoms with Crippen LogP contribution in [-0.2, 0) is 6.42 Å². The topological polar surface area (TPSA) is 12.0 Å². The van der Waals surface area contributed by atoms with Crippen LogP contribution in [0.3, 0.4) is 0 Å². The summed E-state index contributed by atoms with van der Waals surface area (Å²) in [5.41, 5.74) is 3.22. The molecule has 1 N–H and O–H groups in total. The summed E-state index contributed by atoms with van der Waals surface area (Å²) in [5, 5.41) is 3.87. The average molecular weight is 287 g/mol. The second kappa shape index (κ2) is 8.58. The molecule has 0 fully saturated rings. The van der Waals surface area contributed by atoms with Gasteiger partial charge < -0.3 is 5.32 Å². The standard InChI is InChI=1S/C20H33N/c1-4-9-16(3)15-20(21-14-5-2)19-13-8-11-17-10-6-7-12-18(17)19/h6-7,10,12,16,19-21H,4-5,8-9,11,13-15H2,1-3H3. The Morgan fingerprint density at radius 3 is 2.76 bits per heavy atom. The Morgan fingerprint density at radius 1 is 1.19 bits per heavy atom. The zero-order valence-corrected chi connectivity index (χ0v) is 14.2. The average Bonchev–Trinajstić information content (AvgIpc) is 2.51. The molecule has 1 aromatic rings. The van der Waals surface area contributed by atoms with Crippen molar-refractivity contribution in [2.45, 2.75) is 77.7 Å². The van der Waals surface area contributed by atoms with Crippen LogP contribution >= 0.6 is 0 Å². The van der Waals surface area contributed by atoms with E-state index in [1.165, 1.54) is 44.9 Å². The predicted octanol–water partition coefficient (Wildman–Crippen LogP) is 5.30. The first-order chi connectivity index (χ1) is 10.3. The molecule has 118 valence electrons. The van der Waals surface area contributed by atoms with Gasteiger partial charge in [-0.3, -0.25) is 0 Å². The van der Waals surface area contributed by atoms with Crippen LogP contribution in [0, 0.1) is 5.92 Å². The van der Waals surface area contributed by atoms with Crippen molar-refractivity contribution < 1.29 is 0 Å². The van der Waals surface area contributed by atoms with Gasteiger partial charge in [0, 0.05) is 6.04 Å². The summed E-state index contributed by atoms with van der Waals surface area (Å²) in [7, 11) is 0. The normalized spacial score (nSPS) is 20.8. The molecule has 0 aliphatic heterocycles. The van der Waals surface area contributed by atoms with Gasteiger partial charge in [-0.05, 0) is 61.6 Å². The lowest BCUT2D eigenvalue weighted by Crippen LogP contribution is -2.38. The van der Waals surface area contributed by atoms with E-state index in [1.54, 1.807) is 11.1 Å². The van der Waals surface area contributed by atoms with E-state index in [0.717, 1.165) is 18.4 Å². The molecule has 1 aromatic carbocycles. The Balaban J connectivity index is 2.12. The Hall–Kier alpha value is -0.820. The van der Waals surface area contributed by atoms with Crippen molar-refractivity contribution in [3.05, 3.63) is 35.4 Å². The Bertz CT molecular complexity index is 412. The SMILES string of the molecule is CCCNC(CC(C)CCC)C1CCCc2ccccc21. The van der Waals surface area contributed by atoms with Crippen LogP contribution in [-0.4, -0.2) is 12.6 Å². The number of benzene rings is 1. The number of aryl methyl sites for hydroxylation is 1. The van der Waals surface area contributed by atoms with Gasteiger partial charge in [-0.1, -0.05) is 57.9 Å². The quantitative estimate of drug-likeness (QED) is 0.684. The summed E-state index contributed by atoms with van der Waals surface area (Å²) in [4.78, 5) is 0. The Morgan fingerprint density at radius 2 is 2.00 bits per heavy atom. The predicted molar refractivity (Wildman–Crippen MR) is 92.9 cm³/mol. The number of nitrogens with one attached hydrogen (secondary N) is 1. The molecule has 0 saturated carbocycles. The third-order valence-electron chi connectivity index (χ3n) is 5.00. The zero-order valence-electron chi connectivity index (χ0n) is 14.2. The summed E-state index contributed by atoms with van der Waals surface area (Å²) in [6.07, 6.45) is 9.21. The lowest BCUT2D eigenvalue weighted by molar-refractivity contribution is 0.320. The van der Waals surface area contributed by atoms with E-state index >= 15 is 0 Å². The first kappa shape index (κ1) is 16.5. The van der Waals surface area contributed by atoms with E-state index in [4.69, 9.17) is 0 Å². The van der Waals surface area contributed by atoms with Crippen LogP contribution in [0.25, 0.3) is 0 Å². The molecule has 0 radical (unpaired) electrons. The highest BCUT2D eigenvalue weighted by molar-refractivity contribution is 5.33. The van der Waals surface area contributed by atoms with Crippen LogP contribution in [0.2, 0.25) is 0 Å². The maximum Gasteiger partial charge on any atom is 0.0138 e. The minimum atomic E-state index is 0.660. The summed E-state index contributed by atoms with van der Waals surface area (Å²) in [6, 6.07) is 9.81. The molecule has 0 aromatic heterocycles. The number of hydrogen-bond donors (Lipinski definition) is 1. The molecular weight excluding hydrogens is 254 g/mol. The molecule has 1 aliphatic rings. The van der Waals surface area contributed by atoms with E-state index in [-0.39, 0.29) is 0 Å². The Kier molecular flexibility index (Phi) is 6.76. The van der Waals surface area contributed by atoms with Gasteiger partial charge >= 0.3 is 0 Å². The van der Waals surface area contributed by atoms with Crippen molar-refractivity contribution in [2.75, 3.05) is 6.54 Å². The molecule has 0 bridgehead atoms. The van der Waals surface area contributed by atoms with E-state index in [9.17, 15) is 0 Å². The first-order valence-corrected chi connectivity index (χ1v) is 9.07. The summed E-state index contributed by atoms with van der Waals surface area (Å²) >= 11 is 0. The van der Waals surface area contributed by atoms with Crippen molar-refractivity contribution in [1.82, 2.24) is 5.32 Å². The Labute approximate surface area is 131 Å². The van der Waals surface area contributed by atoms with Gasteiger partial charge in [-0.25, -0.2) is 0 Å². The van der Waals surface area contributed by atoms with Crippen LogP contribution in [0.5, 0.6) is 0 Å². The van der Waals surface area contributed by atoms with Gasteiger partial charge in [0.25, 0.3) is 0 Å². The molecular formula is C20H33N. The lowest BCUT2D eigenvalue weighted by Gasteiger charge is -2.34. The smallest absolute Gasteiger partial charge is 0.0138 e. The molecule has 1 heteroatoms. The van der Waals surface area contributed by atoms with E-state index in [0.29, 0.717) is 6.04 Å². The molecule has 0 saturated heterocycles. The molecule has 21 heavy (non-hydrogen) atoms. The minimum Gasteiger partial charge on any atom is -0.313 e. The van der Waals surface area contributed by atoms with E-state index < -0.39 is 0 Å². The van der Waals surface area contributed by atoms with Gasteiger partial charge in [0.1, 0.15) is 0 Å². The number of rotatable bonds is 8. The molecule has 3 unspecified atom stereocenters. The van der Waals surface area contributed by atoms with Crippen LogP contribution in [0.15, 0.2) is 24.3 Å². The van der Waals surface area contributed by atoms with Crippen molar-refractivity contribution in [1.29, 1.82) is 0 Å². The number of hydrogen-bond acceptors (Lipinski definition) is 1. The van der Waals surface area contributed by atoms with Crippen molar-refractivity contribution in [2.24, 2.45) is 5.92 Å². The fourth-order valence-electron chi connectivity index (χ4n) is 3.97. The monoisotopic (exact) mass is 287 g/mol. The van der Waals surface area contributed by atoms with Crippen molar-refractivity contribution in [3.63, 3.8) is 0 Å². The second-order valence-corrected chi connectivity index (χ2v) is 6.89. The van der Waals surface area contributed by atoms with Gasteiger partial charge in [-0.15, -0.1) is 0 Å². The molecule has 1 aliphatic carbocycles. The molecule has 2 rings (SSSR count). The fraction of sp³-hybridized carbons (Fsp3) is 0.700. The molecule has 3 atom stereocenters. The molecule has 1 nitrogen and oxygen atoms in total. The summed E-state index contributed by atoms with van der Waals surface area (Å²) in [5.74, 6) is 1.55.